The Kier molecular flexibility index (Phi) is 5.59. The van der Waals surface area contributed by atoms with Crippen molar-refractivity contribution >= 4 is 20.1 Å². The molecule has 25 heavy (non-hydrogen) atoms. The zero-order valence-electron chi connectivity index (χ0n) is 15.3. The molecule has 0 saturated heterocycles. The number of benzene rings is 1. The quantitative estimate of drug-likeness (QED) is 0.752. The third kappa shape index (κ3) is 5.11. The van der Waals surface area contributed by atoms with E-state index in [2.05, 4.69) is 49.1 Å². The summed E-state index contributed by atoms with van der Waals surface area (Å²) in [7, 11) is -1.83. The highest BCUT2D eigenvalue weighted by Crippen LogP contribution is 2.37. The minimum Gasteiger partial charge on any atom is -0.465 e. The number of rotatable bonds is 5. The van der Waals surface area contributed by atoms with Gasteiger partial charge in [-0.2, -0.15) is 0 Å². The molecular weight excluding hydrogens is 334 g/mol. The van der Waals surface area contributed by atoms with Gasteiger partial charge in [0.05, 0.1) is 12.3 Å². The fourth-order valence-corrected chi connectivity index (χ4v) is 2.85. The van der Waals surface area contributed by atoms with Gasteiger partial charge in [-0.1, -0.05) is 20.8 Å². The Hall–Kier alpha value is -2.25. The van der Waals surface area contributed by atoms with Crippen molar-refractivity contribution in [3.8, 4) is 11.4 Å². The van der Waals surface area contributed by atoms with Crippen LogP contribution in [0.15, 0.2) is 36.5 Å². The first-order valence-corrected chi connectivity index (χ1v) is 11.1. The van der Waals surface area contributed by atoms with Crippen molar-refractivity contribution in [2.75, 3.05) is 5.32 Å². The summed E-state index contributed by atoms with van der Waals surface area (Å²) in [5, 5.41) is 11.2. The summed E-state index contributed by atoms with van der Waals surface area (Å²) < 4.78 is 6.21. The SMILES string of the molecule is CC(C)(C)[Si](C)(C)OCc1ccnc(-c2ccc(NC(=O)O)cc2)n1. The summed E-state index contributed by atoms with van der Waals surface area (Å²) in [4.78, 5) is 19.5. The molecule has 1 amide bonds. The van der Waals surface area contributed by atoms with Gasteiger partial charge in [-0.05, 0) is 48.5 Å². The summed E-state index contributed by atoms with van der Waals surface area (Å²) in [6.45, 7) is 11.5. The molecule has 2 N–H and O–H groups in total. The number of hydrogen-bond donors (Lipinski definition) is 2. The van der Waals surface area contributed by atoms with Crippen LogP contribution in [0.3, 0.4) is 0 Å². The molecule has 0 fully saturated rings. The number of nitrogens with one attached hydrogen (secondary N) is 1. The van der Waals surface area contributed by atoms with E-state index in [4.69, 9.17) is 9.53 Å². The standard InChI is InChI=1S/C18H25N3O3Si/c1-18(2,3)25(4,5)24-12-15-10-11-19-16(20-15)13-6-8-14(9-7-13)21-17(22)23/h6-11,21H,12H2,1-5H3,(H,22,23). The van der Waals surface area contributed by atoms with E-state index in [-0.39, 0.29) is 5.04 Å². The van der Waals surface area contributed by atoms with Crippen molar-refractivity contribution in [1.29, 1.82) is 0 Å². The van der Waals surface area contributed by atoms with Crippen LogP contribution in [-0.4, -0.2) is 29.5 Å². The number of aromatic nitrogens is 2. The summed E-state index contributed by atoms with van der Waals surface area (Å²) in [6.07, 6.45) is 0.629. The van der Waals surface area contributed by atoms with Crippen molar-refractivity contribution in [3.05, 3.63) is 42.2 Å². The maximum Gasteiger partial charge on any atom is 0.409 e. The second-order valence-corrected chi connectivity index (χ2v) is 12.2. The third-order valence-electron chi connectivity index (χ3n) is 4.49. The monoisotopic (exact) mass is 359 g/mol. The van der Waals surface area contributed by atoms with Crippen LogP contribution in [0.2, 0.25) is 18.1 Å². The van der Waals surface area contributed by atoms with Gasteiger partial charge in [-0.3, -0.25) is 5.32 Å². The molecule has 2 rings (SSSR count). The highest BCUT2D eigenvalue weighted by Gasteiger charge is 2.37. The van der Waals surface area contributed by atoms with Crippen LogP contribution >= 0.6 is 0 Å². The minimum atomic E-state index is -1.83. The van der Waals surface area contributed by atoms with E-state index in [1.165, 1.54) is 0 Å². The maximum absolute atomic E-state index is 10.6. The Morgan fingerprint density at radius 2 is 1.84 bits per heavy atom. The first-order chi connectivity index (χ1) is 11.6. The van der Waals surface area contributed by atoms with E-state index in [9.17, 15) is 4.79 Å². The van der Waals surface area contributed by atoms with Gasteiger partial charge in [-0.15, -0.1) is 0 Å². The van der Waals surface area contributed by atoms with Crippen molar-refractivity contribution in [2.24, 2.45) is 0 Å². The number of carboxylic acid groups (broad SMARTS) is 1. The summed E-state index contributed by atoms with van der Waals surface area (Å²) >= 11 is 0. The van der Waals surface area contributed by atoms with Gasteiger partial charge in [0.15, 0.2) is 14.1 Å². The van der Waals surface area contributed by atoms with Crippen LogP contribution in [-0.2, 0) is 11.0 Å². The average molecular weight is 360 g/mol. The lowest BCUT2D eigenvalue weighted by Gasteiger charge is -2.36. The van der Waals surface area contributed by atoms with Crippen LogP contribution in [0.25, 0.3) is 11.4 Å². The molecule has 0 unspecified atom stereocenters. The predicted octanol–water partition coefficient (Wildman–Crippen LogP) is 4.76. The Balaban J connectivity index is 2.12. The molecule has 0 saturated carbocycles. The largest absolute Gasteiger partial charge is 0.465 e. The van der Waals surface area contributed by atoms with E-state index in [1.807, 2.05) is 6.07 Å². The average Bonchev–Trinajstić information content (AvgIpc) is 2.52. The Labute approximate surface area is 149 Å². The number of anilines is 1. The number of hydrogen-bond acceptors (Lipinski definition) is 4. The zero-order valence-corrected chi connectivity index (χ0v) is 16.3. The Bertz CT molecular complexity index is 740. The highest BCUT2D eigenvalue weighted by atomic mass is 28.4. The Morgan fingerprint density at radius 1 is 1.20 bits per heavy atom. The molecule has 1 heterocycles. The van der Waals surface area contributed by atoms with Gasteiger partial charge >= 0.3 is 6.09 Å². The van der Waals surface area contributed by atoms with Gasteiger partial charge in [0.25, 0.3) is 0 Å². The lowest BCUT2D eigenvalue weighted by molar-refractivity contribution is 0.209. The van der Waals surface area contributed by atoms with Crippen molar-refractivity contribution in [2.45, 2.75) is 45.5 Å². The van der Waals surface area contributed by atoms with E-state index in [0.717, 1.165) is 11.3 Å². The lowest BCUT2D eigenvalue weighted by Crippen LogP contribution is -2.40. The van der Waals surface area contributed by atoms with Gasteiger partial charge in [-0.25, -0.2) is 14.8 Å². The smallest absolute Gasteiger partial charge is 0.409 e. The molecule has 2 aromatic rings. The zero-order chi connectivity index (χ0) is 18.7. The molecule has 0 bridgehead atoms. The summed E-state index contributed by atoms with van der Waals surface area (Å²) in [6, 6.07) is 8.81. The fourth-order valence-electron chi connectivity index (χ4n) is 1.91. The number of carbonyl (C=O) groups is 1. The first kappa shape index (κ1) is 19.1. The van der Waals surface area contributed by atoms with Crippen molar-refractivity contribution < 1.29 is 14.3 Å². The topological polar surface area (TPSA) is 84.3 Å². The molecule has 7 heteroatoms. The molecule has 1 aromatic carbocycles. The van der Waals surface area contributed by atoms with E-state index >= 15 is 0 Å². The van der Waals surface area contributed by atoms with Gasteiger partial charge < -0.3 is 9.53 Å². The highest BCUT2D eigenvalue weighted by molar-refractivity contribution is 6.74. The molecule has 0 aliphatic rings. The lowest BCUT2D eigenvalue weighted by atomic mass is 10.2. The molecular formula is C18H25N3O3Si. The molecule has 0 aliphatic carbocycles. The number of amides is 1. The predicted molar refractivity (Wildman–Crippen MR) is 101 cm³/mol. The summed E-state index contributed by atoms with van der Waals surface area (Å²) in [5.74, 6) is 0.596. The third-order valence-corrected chi connectivity index (χ3v) is 8.97. The number of nitrogens with zero attached hydrogens (tertiary/aromatic N) is 2. The van der Waals surface area contributed by atoms with Crippen LogP contribution in [0.5, 0.6) is 0 Å². The van der Waals surface area contributed by atoms with Crippen LogP contribution in [0.4, 0.5) is 10.5 Å². The van der Waals surface area contributed by atoms with E-state index in [1.54, 1.807) is 30.5 Å². The second kappa shape index (κ2) is 7.33. The Morgan fingerprint density at radius 3 is 2.40 bits per heavy atom. The van der Waals surface area contributed by atoms with Crippen molar-refractivity contribution in [1.82, 2.24) is 9.97 Å². The first-order valence-electron chi connectivity index (χ1n) is 8.15. The fraction of sp³-hybridized carbons (Fsp3) is 0.389. The minimum absolute atomic E-state index is 0.149. The van der Waals surface area contributed by atoms with Crippen LogP contribution < -0.4 is 5.32 Å². The van der Waals surface area contributed by atoms with Gasteiger partial charge in [0.1, 0.15) is 0 Å². The van der Waals surface area contributed by atoms with E-state index < -0.39 is 14.4 Å². The van der Waals surface area contributed by atoms with Crippen LogP contribution in [0, 0.1) is 0 Å². The normalized spacial score (nSPS) is 12.0. The van der Waals surface area contributed by atoms with Crippen molar-refractivity contribution in [3.63, 3.8) is 0 Å². The molecule has 0 atom stereocenters. The second-order valence-electron chi connectivity index (χ2n) is 7.43. The molecule has 1 aromatic heterocycles. The van der Waals surface area contributed by atoms with Gasteiger partial charge in [0, 0.05) is 17.4 Å². The van der Waals surface area contributed by atoms with Gasteiger partial charge in [0.2, 0.25) is 0 Å². The summed E-state index contributed by atoms with van der Waals surface area (Å²) in [5.41, 5.74) is 2.17. The molecule has 0 aliphatic heterocycles. The molecule has 0 radical (unpaired) electrons. The molecule has 134 valence electrons. The van der Waals surface area contributed by atoms with E-state index in [0.29, 0.717) is 18.1 Å². The van der Waals surface area contributed by atoms with Crippen LogP contribution in [0.1, 0.15) is 26.5 Å². The molecule has 0 spiro atoms. The molecule has 6 nitrogen and oxygen atoms in total. The maximum atomic E-state index is 10.6.